The summed E-state index contributed by atoms with van der Waals surface area (Å²) in [5, 5.41) is 5.48. The van der Waals surface area contributed by atoms with Gasteiger partial charge < -0.3 is 15.6 Å². The summed E-state index contributed by atoms with van der Waals surface area (Å²) in [6.07, 6.45) is 1.57. The summed E-state index contributed by atoms with van der Waals surface area (Å²) in [6.45, 7) is 6.54. The van der Waals surface area contributed by atoms with Gasteiger partial charge in [-0.1, -0.05) is 45.0 Å². The lowest BCUT2D eigenvalue weighted by molar-refractivity contribution is -0.123. The van der Waals surface area contributed by atoms with Crippen molar-refractivity contribution in [3.8, 4) is 0 Å². The van der Waals surface area contributed by atoms with Gasteiger partial charge >= 0.3 is 0 Å². The zero-order chi connectivity index (χ0) is 24.9. The lowest BCUT2D eigenvalue weighted by Gasteiger charge is -2.20. The molecule has 2 aromatic carbocycles. The molecule has 3 N–H and O–H groups in total. The molecule has 2 amide bonds. The second kappa shape index (κ2) is 10.4. The summed E-state index contributed by atoms with van der Waals surface area (Å²) in [6, 6.07) is 13.9. The molecule has 1 unspecified atom stereocenters. The monoisotopic (exact) mass is 484 g/mol. The van der Waals surface area contributed by atoms with Gasteiger partial charge in [-0.15, -0.1) is 0 Å². The minimum absolute atomic E-state index is 0.0128. The van der Waals surface area contributed by atoms with Crippen LogP contribution in [0.3, 0.4) is 0 Å². The molecule has 0 aliphatic carbocycles. The van der Waals surface area contributed by atoms with Crippen LogP contribution >= 0.6 is 0 Å². The summed E-state index contributed by atoms with van der Waals surface area (Å²) in [5.41, 5.74) is 3.21. The number of sulfone groups is 1. The molecule has 1 atom stereocenters. The minimum atomic E-state index is -3.30. The third-order valence-electron chi connectivity index (χ3n) is 5.51. The van der Waals surface area contributed by atoms with E-state index in [1.807, 2.05) is 36.4 Å². The molecule has 1 heterocycles. The van der Waals surface area contributed by atoms with Gasteiger partial charge in [0, 0.05) is 24.8 Å². The molecule has 0 aliphatic rings. The number of carbonyl (C=O) groups is 2. The molecule has 0 bridgehead atoms. The van der Waals surface area contributed by atoms with Gasteiger partial charge in [0.15, 0.2) is 0 Å². The van der Waals surface area contributed by atoms with Gasteiger partial charge in [0.1, 0.15) is 21.7 Å². The first-order valence-corrected chi connectivity index (χ1v) is 13.3. The fourth-order valence-corrected chi connectivity index (χ4v) is 4.18. The van der Waals surface area contributed by atoms with E-state index in [4.69, 9.17) is 0 Å². The van der Waals surface area contributed by atoms with Gasteiger partial charge in [0.05, 0.1) is 16.8 Å². The number of imidazole rings is 1. The average Bonchev–Trinajstić information content (AvgIpc) is 3.18. The highest BCUT2D eigenvalue weighted by atomic mass is 32.2. The van der Waals surface area contributed by atoms with Crippen LogP contribution in [-0.4, -0.2) is 54.8 Å². The Hall–Kier alpha value is -3.20. The van der Waals surface area contributed by atoms with Gasteiger partial charge in [-0.2, -0.15) is 0 Å². The Kier molecular flexibility index (Phi) is 7.76. The molecule has 0 fully saturated rings. The number of nitrogens with zero attached hydrogens (tertiary/aromatic N) is 1. The number of amides is 2. The highest BCUT2D eigenvalue weighted by Gasteiger charge is 2.23. The first kappa shape index (κ1) is 25.4. The van der Waals surface area contributed by atoms with Crippen LogP contribution in [0.4, 0.5) is 0 Å². The van der Waals surface area contributed by atoms with Crippen molar-refractivity contribution in [2.75, 3.05) is 18.6 Å². The van der Waals surface area contributed by atoms with Crippen molar-refractivity contribution in [1.29, 1.82) is 0 Å². The number of carbonyl (C=O) groups excluding carboxylic acids is 2. The van der Waals surface area contributed by atoms with E-state index in [-0.39, 0.29) is 17.6 Å². The Morgan fingerprint density at radius 3 is 2.35 bits per heavy atom. The SMILES string of the molecule is CC(C)(C)c1ccc(C(=O)NC(CCS(C)(=O)=O)C(=O)NCCc2nc3ccccc3[nH]2)cc1. The number of nitrogens with one attached hydrogen (secondary N) is 3. The molecule has 0 saturated heterocycles. The summed E-state index contributed by atoms with van der Waals surface area (Å²) < 4.78 is 23.3. The summed E-state index contributed by atoms with van der Waals surface area (Å²) in [4.78, 5) is 33.3. The van der Waals surface area contributed by atoms with E-state index in [1.165, 1.54) is 0 Å². The fraction of sp³-hybridized carbons (Fsp3) is 0.400. The molecule has 0 radical (unpaired) electrons. The van der Waals surface area contributed by atoms with Crippen LogP contribution < -0.4 is 10.6 Å². The molecule has 182 valence electrons. The van der Waals surface area contributed by atoms with E-state index in [0.29, 0.717) is 18.5 Å². The van der Waals surface area contributed by atoms with Crippen molar-refractivity contribution in [1.82, 2.24) is 20.6 Å². The number of H-pyrrole nitrogens is 1. The number of hydrogen-bond donors (Lipinski definition) is 3. The van der Waals surface area contributed by atoms with Gasteiger partial charge in [-0.3, -0.25) is 9.59 Å². The predicted octanol–water partition coefficient (Wildman–Crippen LogP) is 2.75. The first-order valence-electron chi connectivity index (χ1n) is 11.2. The van der Waals surface area contributed by atoms with E-state index < -0.39 is 27.7 Å². The third kappa shape index (κ3) is 7.15. The van der Waals surface area contributed by atoms with Crippen LogP contribution in [0.1, 0.15) is 48.9 Å². The molecule has 0 spiro atoms. The second-order valence-corrected chi connectivity index (χ2v) is 11.8. The number of para-hydroxylation sites is 2. The maximum absolute atomic E-state index is 12.8. The van der Waals surface area contributed by atoms with Gasteiger partial charge in [0.2, 0.25) is 5.91 Å². The molecule has 3 aromatic rings. The summed E-state index contributed by atoms with van der Waals surface area (Å²) in [7, 11) is -3.30. The van der Waals surface area contributed by atoms with Crippen molar-refractivity contribution in [2.45, 2.75) is 45.1 Å². The molecule has 9 heteroatoms. The summed E-state index contributed by atoms with van der Waals surface area (Å²) >= 11 is 0. The Bertz CT molecular complexity index is 1230. The van der Waals surface area contributed by atoms with E-state index in [0.717, 1.165) is 28.7 Å². The van der Waals surface area contributed by atoms with Gasteiger partial charge in [0.25, 0.3) is 5.91 Å². The Morgan fingerprint density at radius 2 is 1.74 bits per heavy atom. The normalized spacial score (nSPS) is 12.9. The van der Waals surface area contributed by atoms with Crippen LogP contribution in [0.2, 0.25) is 0 Å². The average molecular weight is 485 g/mol. The Morgan fingerprint density at radius 1 is 1.06 bits per heavy atom. The van der Waals surface area contributed by atoms with Crippen LogP contribution in [0.5, 0.6) is 0 Å². The predicted molar refractivity (Wildman–Crippen MR) is 134 cm³/mol. The van der Waals surface area contributed by atoms with Crippen molar-refractivity contribution in [3.63, 3.8) is 0 Å². The van der Waals surface area contributed by atoms with Gasteiger partial charge in [-0.25, -0.2) is 13.4 Å². The molecular weight excluding hydrogens is 452 g/mol. The first-order chi connectivity index (χ1) is 15.9. The Labute approximate surface area is 200 Å². The number of hydrogen-bond acceptors (Lipinski definition) is 5. The zero-order valence-electron chi connectivity index (χ0n) is 20.0. The van der Waals surface area contributed by atoms with E-state index in [9.17, 15) is 18.0 Å². The number of aromatic nitrogens is 2. The van der Waals surface area contributed by atoms with Crippen LogP contribution in [0.25, 0.3) is 11.0 Å². The van der Waals surface area contributed by atoms with Crippen molar-refractivity contribution in [3.05, 3.63) is 65.5 Å². The Balaban J connectivity index is 1.63. The van der Waals surface area contributed by atoms with Crippen molar-refractivity contribution >= 4 is 32.7 Å². The number of rotatable bonds is 9. The standard InChI is InChI=1S/C25H32N4O4S/c1-25(2,3)18-11-9-17(10-12-18)23(30)29-21(14-16-34(4,32)33)24(31)26-15-13-22-27-19-7-5-6-8-20(19)28-22/h5-12,21H,13-16H2,1-4H3,(H,26,31)(H,27,28)(H,29,30). The van der Waals surface area contributed by atoms with E-state index in [1.54, 1.807) is 12.1 Å². The lowest BCUT2D eigenvalue weighted by Crippen LogP contribution is -2.48. The van der Waals surface area contributed by atoms with Crippen LogP contribution in [0, 0.1) is 0 Å². The maximum Gasteiger partial charge on any atom is 0.251 e. The zero-order valence-corrected chi connectivity index (χ0v) is 20.8. The number of benzene rings is 2. The lowest BCUT2D eigenvalue weighted by atomic mass is 9.86. The van der Waals surface area contributed by atoms with E-state index >= 15 is 0 Å². The van der Waals surface area contributed by atoms with Crippen molar-refractivity contribution < 1.29 is 18.0 Å². The van der Waals surface area contributed by atoms with Crippen molar-refractivity contribution in [2.24, 2.45) is 0 Å². The smallest absolute Gasteiger partial charge is 0.251 e. The third-order valence-corrected chi connectivity index (χ3v) is 6.49. The van der Waals surface area contributed by atoms with E-state index in [2.05, 4.69) is 41.4 Å². The minimum Gasteiger partial charge on any atom is -0.354 e. The summed E-state index contributed by atoms with van der Waals surface area (Å²) in [5.74, 6) is -0.333. The number of aromatic amines is 1. The molecule has 3 rings (SSSR count). The highest BCUT2D eigenvalue weighted by molar-refractivity contribution is 7.90. The molecular formula is C25H32N4O4S. The molecule has 34 heavy (non-hydrogen) atoms. The maximum atomic E-state index is 12.8. The molecule has 0 saturated carbocycles. The van der Waals surface area contributed by atoms with Crippen LogP contribution in [-0.2, 0) is 26.5 Å². The molecule has 8 nitrogen and oxygen atoms in total. The van der Waals surface area contributed by atoms with Crippen LogP contribution in [0.15, 0.2) is 48.5 Å². The quantitative estimate of drug-likeness (QED) is 0.431. The van der Waals surface area contributed by atoms with Gasteiger partial charge in [-0.05, 0) is 41.7 Å². The fourth-order valence-electron chi connectivity index (χ4n) is 3.52. The largest absolute Gasteiger partial charge is 0.354 e. The topological polar surface area (TPSA) is 121 Å². The highest BCUT2D eigenvalue weighted by Crippen LogP contribution is 2.22. The molecule has 1 aromatic heterocycles. The number of fused-ring (bicyclic) bond motifs is 1. The molecule has 0 aliphatic heterocycles. The second-order valence-electron chi connectivity index (χ2n) is 9.51.